The Morgan fingerprint density at radius 3 is 2.68 bits per heavy atom. The van der Waals surface area contributed by atoms with Gasteiger partial charge in [0, 0.05) is 26.0 Å². The number of alkyl halides is 2. The zero-order chi connectivity index (χ0) is 24.5. The van der Waals surface area contributed by atoms with Crippen molar-refractivity contribution in [2.75, 3.05) is 20.2 Å². The van der Waals surface area contributed by atoms with E-state index in [1.165, 1.54) is 23.1 Å². The predicted octanol–water partition coefficient (Wildman–Crippen LogP) is 1.16. The molecule has 2 saturated heterocycles. The molecule has 0 aliphatic carbocycles. The molecule has 2 aromatic rings. The molecular weight excluding hydrogens is 477 g/mol. The number of aliphatic hydroxyl groups is 1. The van der Waals surface area contributed by atoms with Gasteiger partial charge in [0.15, 0.2) is 6.10 Å². The molecule has 1 aromatic heterocycles. The SMILES string of the molecule is CN1CCC(NP(=O)(OCC2OC(n3cccnc3=O)C(F)(F)C2O)Oc2ccccc2)C1=O. The van der Waals surface area contributed by atoms with Crippen molar-refractivity contribution in [3.8, 4) is 5.75 Å². The van der Waals surface area contributed by atoms with Crippen LogP contribution in [0.5, 0.6) is 5.75 Å². The summed E-state index contributed by atoms with van der Waals surface area (Å²) in [4.78, 5) is 29.0. The predicted molar refractivity (Wildman–Crippen MR) is 113 cm³/mol. The Hall–Kier alpha value is -2.70. The number of carbonyl (C=O) groups excluding carboxylic acids is 1. The number of aliphatic hydroxyl groups excluding tert-OH is 1. The van der Waals surface area contributed by atoms with Crippen molar-refractivity contribution >= 4 is 13.7 Å². The molecule has 0 saturated carbocycles. The van der Waals surface area contributed by atoms with Crippen molar-refractivity contribution in [3.63, 3.8) is 0 Å². The van der Waals surface area contributed by atoms with Crippen molar-refractivity contribution < 1.29 is 37.0 Å². The maximum atomic E-state index is 14.7. The molecule has 1 amide bonds. The summed E-state index contributed by atoms with van der Waals surface area (Å²) in [5, 5.41) is 12.7. The molecule has 0 radical (unpaired) electrons. The van der Waals surface area contributed by atoms with Crippen LogP contribution in [0.3, 0.4) is 0 Å². The highest BCUT2D eigenvalue weighted by atomic mass is 31.2. The number of likely N-dealkylation sites (tertiary alicyclic amines) is 1. The highest BCUT2D eigenvalue weighted by molar-refractivity contribution is 7.52. The van der Waals surface area contributed by atoms with E-state index in [9.17, 15) is 28.0 Å². The molecule has 14 heteroatoms. The van der Waals surface area contributed by atoms with Gasteiger partial charge >= 0.3 is 19.4 Å². The van der Waals surface area contributed by atoms with Gasteiger partial charge in [0.1, 0.15) is 11.9 Å². The highest BCUT2D eigenvalue weighted by Crippen LogP contribution is 2.48. The number of rotatable bonds is 8. The number of amides is 1. The molecule has 184 valence electrons. The van der Waals surface area contributed by atoms with E-state index in [1.54, 1.807) is 25.2 Å². The molecule has 2 N–H and O–H groups in total. The molecule has 2 fully saturated rings. The molecule has 34 heavy (non-hydrogen) atoms. The second-order valence-corrected chi connectivity index (χ2v) is 9.58. The third-order valence-electron chi connectivity index (χ3n) is 5.49. The Bertz CT molecular complexity index is 1140. The lowest BCUT2D eigenvalue weighted by Crippen LogP contribution is -2.42. The summed E-state index contributed by atoms with van der Waals surface area (Å²) in [6.07, 6.45) is -3.68. The first kappa shape index (κ1) is 24.4. The summed E-state index contributed by atoms with van der Waals surface area (Å²) in [5.41, 5.74) is -0.996. The van der Waals surface area contributed by atoms with Gasteiger partial charge in [-0.05, 0) is 24.6 Å². The molecule has 5 unspecified atom stereocenters. The third kappa shape index (κ3) is 4.89. The zero-order valence-corrected chi connectivity index (χ0v) is 18.9. The summed E-state index contributed by atoms with van der Waals surface area (Å²) >= 11 is 0. The van der Waals surface area contributed by atoms with E-state index < -0.39 is 50.4 Å². The Morgan fingerprint density at radius 2 is 2.03 bits per heavy atom. The quantitative estimate of drug-likeness (QED) is 0.513. The van der Waals surface area contributed by atoms with Crippen LogP contribution in [-0.2, 0) is 18.6 Å². The van der Waals surface area contributed by atoms with Gasteiger partial charge in [-0.1, -0.05) is 18.2 Å². The van der Waals surface area contributed by atoms with Crippen molar-refractivity contribution in [2.24, 2.45) is 0 Å². The number of benzene rings is 1. The van der Waals surface area contributed by atoms with Gasteiger partial charge in [-0.3, -0.25) is 13.9 Å². The van der Waals surface area contributed by atoms with Gasteiger partial charge in [-0.15, -0.1) is 0 Å². The van der Waals surface area contributed by atoms with Crippen molar-refractivity contribution in [3.05, 3.63) is 59.3 Å². The average molecular weight is 500 g/mol. The molecule has 5 atom stereocenters. The van der Waals surface area contributed by atoms with E-state index in [0.29, 0.717) is 17.5 Å². The van der Waals surface area contributed by atoms with Crippen LogP contribution in [0.1, 0.15) is 12.6 Å². The molecule has 2 aliphatic heterocycles. The number of hydrogen-bond acceptors (Lipinski definition) is 8. The van der Waals surface area contributed by atoms with Crippen molar-refractivity contribution in [2.45, 2.75) is 36.8 Å². The van der Waals surface area contributed by atoms with Gasteiger partial charge in [0.2, 0.25) is 12.1 Å². The fourth-order valence-electron chi connectivity index (χ4n) is 3.67. The summed E-state index contributed by atoms with van der Waals surface area (Å²) in [6.45, 7) is -0.365. The molecule has 2 aliphatic rings. The van der Waals surface area contributed by atoms with Gasteiger partial charge in [-0.25, -0.2) is 14.3 Å². The zero-order valence-electron chi connectivity index (χ0n) is 18.0. The average Bonchev–Trinajstić information content (AvgIpc) is 3.23. The van der Waals surface area contributed by atoms with Crippen LogP contribution < -0.4 is 15.3 Å². The minimum absolute atomic E-state index is 0.148. The highest BCUT2D eigenvalue weighted by Gasteiger charge is 2.60. The second-order valence-electron chi connectivity index (χ2n) is 7.88. The smallest absolute Gasteiger partial charge is 0.413 e. The molecule has 3 heterocycles. The fraction of sp³-hybridized carbons (Fsp3) is 0.450. The van der Waals surface area contributed by atoms with E-state index in [4.69, 9.17) is 13.8 Å². The van der Waals surface area contributed by atoms with Gasteiger partial charge in [-0.2, -0.15) is 13.9 Å². The van der Waals surface area contributed by atoms with E-state index in [1.807, 2.05) is 0 Å². The molecule has 0 bridgehead atoms. The van der Waals surface area contributed by atoms with Crippen molar-refractivity contribution in [1.82, 2.24) is 19.5 Å². The van der Waals surface area contributed by atoms with Crippen molar-refractivity contribution in [1.29, 1.82) is 0 Å². The molecule has 11 nitrogen and oxygen atoms in total. The van der Waals surface area contributed by atoms with Crippen LogP contribution in [0, 0.1) is 0 Å². The maximum Gasteiger partial charge on any atom is 0.459 e. The first-order valence-electron chi connectivity index (χ1n) is 10.4. The lowest BCUT2D eigenvalue weighted by atomic mass is 10.1. The topological polar surface area (TPSA) is 132 Å². The molecule has 4 rings (SSSR count). The van der Waals surface area contributed by atoms with Crippen LogP contribution in [-0.4, -0.2) is 69.8 Å². The van der Waals surface area contributed by atoms with E-state index in [0.717, 1.165) is 12.4 Å². The normalized spacial score (nSPS) is 28.1. The number of carbonyl (C=O) groups is 1. The number of para-hydroxylation sites is 1. The van der Waals surface area contributed by atoms with Gasteiger partial charge in [0.05, 0.1) is 12.6 Å². The minimum atomic E-state index is -4.29. The van der Waals surface area contributed by atoms with Crippen LogP contribution in [0.15, 0.2) is 53.6 Å². The van der Waals surface area contributed by atoms with Crippen LogP contribution in [0.25, 0.3) is 0 Å². The number of halogens is 2. The lowest BCUT2D eigenvalue weighted by Gasteiger charge is -2.24. The summed E-state index contributed by atoms with van der Waals surface area (Å²) in [5.74, 6) is -4.06. The van der Waals surface area contributed by atoms with Gasteiger partial charge < -0.3 is 19.3 Å². The van der Waals surface area contributed by atoms with E-state index >= 15 is 0 Å². The Balaban J connectivity index is 1.52. The summed E-state index contributed by atoms with van der Waals surface area (Å²) < 4.78 is 59.6. The van der Waals surface area contributed by atoms with Crippen LogP contribution >= 0.6 is 7.75 Å². The lowest BCUT2D eigenvalue weighted by molar-refractivity contribution is -0.140. The number of ether oxygens (including phenoxy) is 1. The number of aromatic nitrogens is 2. The first-order chi connectivity index (χ1) is 16.1. The fourth-order valence-corrected chi connectivity index (χ4v) is 5.21. The molecule has 1 aromatic carbocycles. The molecule has 0 spiro atoms. The summed E-state index contributed by atoms with van der Waals surface area (Å²) in [6, 6.07) is 8.33. The Kier molecular flexibility index (Phi) is 6.83. The third-order valence-corrected chi connectivity index (χ3v) is 7.06. The monoisotopic (exact) mass is 500 g/mol. The number of likely N-dealkylation sites (N-methyl/N-ethyl adjacent to an activating group) is 1. The van der Waals surface area contributed by atoms with E-state index in [-0.39, 0.29) is 11.7 Å². The van der Waals surface area contributed by atoms with Crippen LogP contribution in [0.4, 0.5) is 8.78 Å². The largest absolute Gasteiger partial charge is 0.459 e. The number of nitrogens with one attached hydrogen (secondary N) is 1. The standard InChI is InChI=1S/C20H23F2N4O7P/c1-25-11-8-14(17(25)28)24-34(30,33-13-6-3-2-4-7-13)31-12-15-16(27)20(21,22)18(32-15)26-10-5-9-23-19(26)29/h2-7,9-10,14-16,18,27H,8,11-12H2,1H3,(H,24,30). The molecular formula is C20H23F2N4O7P. The van der Waals surface area contributed by atoms with Gasteiger partial charge in [0.25, 0.3) is 0 Å². The summed E-state index contributed by atoms with van der Waals surface area (Å²) in [7, 11) is -2.71. The Morgan fingerprint density at radius 1 is 1.29 bits per heavy atom. The number of hydrogen-bond donors (Lipinski definition) is 2. The Labute approximate surface area is 192 Å². The van der Waals surface area contributed by atoms with Crippen LogP contribution in [0.2, 0.25) is 0 Å². The minimum Gasteiger partial charge on any atom is -0.413 e. The first-order valence-corrected chi connectivity index (χ1v) is 11.9. The van der Waals surface area contributed by atoms with E-state index in [2.05, 4.69) is 10.1 Å². The second kappa shape index (κ2) is 9.51. The maximum absolute atomic E-state index is 14.7. The number of nitrogens with zero attached hydrogens (tertiary/aromatic N) is 3.